The van der Waals surface area contributed by atoms with Crippen molar-refractivity contribution in [3.05, 3.63) is 47.6 Å². The summed E-state index contributed by atoms with van der Waals surface area (Å²) < 4.78 is 5.27. The van der Waals surface area contributed by atoms with Gasteiger partial charge in [-0.3, -0.25) is 4.99 Å². The van der Waals surface area contributed by atoms with Gasteiger partial charge in [0.2, 0.25) is 5.89 Å². The summed E-state index contributed by atoms with van der Waals surface area (Å²) in [5, 5.41) is 10.8. The van der Waals surface area contributed by atoms with Crippen molar-refractivity contribution < 1.29 is 4.52 Å². The molecule has 6 nitrogen and oxygen atoms in total. The van der Waals surface area contributed by atoms with Crippen molar-refractivity contribution in [2.75, 3.05) is 20.1 Å². The van der Waals surface area contributed by atoms with Gasteiger partial charge in [-0.25, -0.2) is 0 Å². The highest BCUT2D eigenvalue weighted by Crippen LogP contribution is 2.47. The second kappa shape index (κ2) is 10.1. The zero-order valence-electron chi connectivity index (χ0n) is 16.4. The minimum atomic E-state index is 0. The van der Waals surface area contributed by atoms with Crippen LogP contribution in [-0.4, -0.2) is 36.2 Å². The van der Waals surface area contributed by atoms with Crippen LogP contribution in [0.3, 0.4) is 0 Å². The lowest BCUT2D eigenvalue weighted by atomic mass is 9.96. The van der Waals surface area contributed by atoms with Crippen LogP contribution in [0.25, 0.3) is 0 Å². The summed E-state index contributed by atoms with van der Waals surface area (Å²) >= 11 is 0. The fraction of sp³-hybridized carbons (Fsp3) is 0.550. The summed E-state index contributed by atoms with van der Waals surface area (Å²) in [4.78, 5) is 8.73. The van der Waals surface area contributed by atoms with Crippen molar-refractivity contribution in [1.29, 1.82) is 0 Å². The van der Waals surface area contributed by atoms with E-state index >= 15 is 0 Å². The molecule has 0 atom stereocenters. The maximum absolute atomic E-state index is 5.27. The van der Waals surface area contributed by atoms with Crippen molar-refractivity contribution in [2.45, 2.75) is 50.9 Å². The number of halogens is 1. The zero-order valence-corrected chi connectivity index (χ0v) is 18.7. The van der Waals surface area contributed by atoms with Gasteiger partial charge in [-0.1, -0.05) is 49.3 Å². The van der Waals surface area contributed by atoms with E-state index in [9.17, 15) is 0 Å². The molecule has 1 fully saturated rings. The Kier molecular flexibility index (Phi) is 8.07. The van der Waals surface area contributed by atoms with Crippen LogP contribution in [0.4, 0.5) is 0 Å². The SMILES string of the molecule is CN=C(NCCCc1nc(C(C)C)no1)NCC1(c2ccccc2)CC1.I. The number of nitrogens with zero attached hydrogens (tertiary/aromatic N) is 3. The molecule has 2 N–H and O–H groups in total. The van der Waals surface area contributed by atoms with E-state index in [-0.39, 0.29) is 29.4 Å². The number of rotatable bonds is 8. The predicted molar refractivity (Wildman–Crippen MR) is 119 cm³/mol. The first-order valence-electron chi connectivity index (χ1n) is 9.45. The van der Waals surface area contributed by atoms with Crippen LogP contribution in [0.5, 0.6) is 0 Å². The quantitative estimate of drug-likeness (QED) is 0.260. The molecule has 0 bridgehead atoms. The van der Waals surface area contributed by atoms with E-state index in [4.69, 9.17) is 4.52 Å². The van der Waals surface area contributed by atoms with E-state index in [0.717, 1.165) is 37.7 Å². The van der Waals surface area contributed by atoms with Gasteiger partial charge < -0.3 is 15.2 Å². The molecule has 0 unspecified atom stereocenters. The average molecular weight is 483 g/mol. The Morgan fingerprint density at radius 1 is 1.22 bits per heavy atom. The maximum Gasteiger partial charge on any atom is 0.226 e. The molecule has 2 aromatic rings. The van der Waals surface area contributed by atoms with Crippen molar-refractivity contribution in [3.63, 3.8) is 0 Å². The Labute approximate surface area is 178 Å². The highest BCUT2D eigenvalue weighted by Gasteiger charge is 2.43. The number of benzene rings is 1. The van der Waals surface area contributed by atoms with Crippen LogP contribution in [0, 0.1) is 0 Å². The number of aliphatic imine (C=N–C) groups is 1. The summed E-state index contributed by atoms with van der Waals surface area (Å²) in [6.07, 6.45) is 4.16. The summed E-state index contributed by atoms with van der Waals surface area (Å²) in [6.45, 7) is 5.86. The van der Waals surface area contributed by atoms with E-state index in [1.54, 1.807) is 0 Å². The van der Waals surface area contributed by atoms with Crippen molar-refractivity contribution >= 4 is 29.9 Å². The molecule has 1 saturated carbocycles. The monoisotopic (exact) mass is 483 g/mol. The highest BCUT2D eigenvalue weighted by molar-refractivity contribution is 14.0. The van der Waals surface area contributed by atoms with E-state index in [2.05, 4.69) is 69.9 Å². The summed E-state index contributed by atoms with van der Waals surface area (Å²) in [5.74, 6) is 2.63. The van der Waals surface area contributed by atoms with Gasteiger partial charge in [-0.15, -0.1) is 24.0 Å². The molecule has 3 rings (SSSR count). The molecule has 27 heavy (non-hydrogen) atoms. The number of aryl methyl sites for hydroxylation is 1. The summed E-state index contributed by atoms with van der Waals surface area (Å²) in [5.41, 5.74) is 1.69. The standard InChI is InChI=1S/C20H29N5O.HI/c1-15(2)18-24-17(26-25-18)10-7-13-22-19(21-3)23-14-20(11-12-20)16-8-5-4-6-9-16;/h4-6,8-9,15H,7,10-14H2,1-3H3,(H2,21,22,23);1H. The summed E-state index contributed by atoms with van der Waals surface area (Å²) in [7, 11) is 1.81. The third kappa shape index (κ3) is 5.92. The van der Waals surface area contributed by atoms with Gasteiger partial charge in [0, 0.05) is 37.9 Å². The van der Waals surface area contributed by atoms with Gasteiger partial charge in [0.05, 0.1) is 0 Å². The Morgan fingerprint density at radius 2 is 1.96 bits per heavy atom. The molecule has 1 heterocycles. The van der Waals surface area contributed by atoms with Crippen molar-refractivity contribution in [3.8, 4) is 0 Å². The van der Waals surface area contributed by atoms with Gasteiger partial charge in [-0.2, -0.15) is 4.98 Å². The van der Waals surface area contributed by atoms with Crippen LogP contribution >= 0.6 is 24.0 Å². The molecule has 1 aliphatic carbocycles. The molecular weight excluding hydrogens is 453 g/mol. The molecule has 7 heteroatoms. The lowest BCUT2D eigenvalue weighted by Gasteiger charge is -2.19. The molecule has 0 amide bonds. The van der Waals surface area contributed by atoms with Crippen LogP contribution in [-0.2, 0) is 11.8 Å². The number of guanidine groups is 1. The first-order chi connectivity index (χ1) is 12.6. The Morgan fingerprint density at radius 3 is 2.56 bits per heavy atom. The molecule has 1 aromatic heterocycles. The molecule has 0 aliphatic heterocycles. The molecule has 1 aromatic carbocycles. The normalized spacial score (nSPS) is 15.3. The van der Waals surface area contributed by atoms with Crippen LogP contribution in [0.2, 0.25) is 0 Å². The van der Waals surface area contributed by atoms with E-state index < -0.39 is 0 Å². The minimum absolute atomic E-state index is 0. The average Bonchev–Trinajstić information content (AvgIpc) is 3.30. The van der Waals surface area contributed by atoms with Gasteiger partial charge in [-0.05, 0) is 24.8 Å². The van der Waals surface area contributed by atoms with Crippen LogP contribution < -0.4 is 10.6 Å². The molecular formula is C20H30IN5O. The minimum Gasteiger partial charge on any atom is -0.356 e. The van der Waals surface area contributed by atoms with Gasteiger partial charge in [0.1, 0.15) is 0 Å². The molecule has 0 spiro atoms. The van der Waals surface area contributed by atoms with Crippen molar-refractivity contribution in [2.24, 2.45) is 4.99 Å². The second-order valence-electron chi connectivity index (χ2n) is 7.30. The number of hydrogen-bond donors (Lipinski definition) is 2. The van der Waals surface area contributed by atoms with E-state index in [0.29, 0.717) is 11.8 Å². The largest absolute Gasteiger partial charge is 0.356 e. The summed E-state index contributed by atoms with van der Waals surface area (Å²) in [6, 6.07) is 10.7. The third-order valence-corrected chi connectivity index (χ3v) is 4.92. The fourth-order valence-electron chi connectivity index (χ4n) is 3.03. The predicted octanol–water partition coefficient (Wildman–Crippen LogP) is 3.64. The lowest BCUT2D eigenvalue weighted by Crippen LogP contribution is -2.41. The van der Waals surface area contributed by atoms with Crippen LogP contribution in [0.1, 0.15) is 56.3 Å². The van der Waals surface area contributed by atoms with Gasteiger partial charge >= 0.3 is 0 Å². The molecule has 0 saturated heterocycles. The molecule has 148 valence electrons. The lowest BCUT2D eigenvalue weighted by molar-refractivity contribution is 0.368. The van der Waals surface area contributed by atoms with Gasteiger partial charge in [0.15, 0.2) is 11.8 Å². The van der Waals surface area contributed by atoms with Crippen molar-refractivity contribution in [1.82, 2.24) is 20.8 Å². The fourth-order valence-corrected chi connectivity index (χ4v) is 3.03. The Bertz CT molecular complexity index is 725. The zero-order chi connectivity index (χ0) is 18.4. The topological polar surface area (TPSA) is 75.3 Å². The number of hydrogen-bond acceptors (Lipinski definition) is 4. The smallest absolute Gasteiger partial charge is 0.226 e. The van der Waals surface area contributed by atoms with Gasteiger partial charge in [0.25, 0.3) is 0 Å². The van der Waals surface area contributed by atoms with E-state index in [1.807, 2.05) is 7.05 Å². The maximum atomic E-state index is 5.27. The second-order valence-corrected chi connectivity index (χ2v) is 7.30. The van der Waals surface area contributed by atoms with E-state index in [1.165, 1.54) is 18.4 Å². The first-order valence-corrected chi connectivity index (χ1v) is 9.45. The van der Waals surface area contributed by atoms with Crippen LogP contribution in [0.15, 0.2) is 39.8 Å². The first kappa shape index (κ1) is 21.7. The Hall–Kier alpha value is -1.64. The number of aromatic nitrogens is 2. The Balaban J connectivity index is 0.00000261. The number of nitrogens with one attached hydrogen (secondary N) is 2. The molecule has 1 aliphatic rings. The third-order valence-electron chi connectivity index (χ3n) is 4.92. The molecule has 0 radical (unpaired) electrons. The highest BCUT2D eigenvalue weighted by atomic mass is 127.